The van der Waals surface area contributed by atoms with Gasteiger partial charge in [-0.25, -0.2) is 4.39 Å². The van der Waals surface area contributed by atoms with Gasteiger partial charge in [0.2, 0.25) is 11.8 Å². The molecule has 0 unspecified atom stereocenters. The minimum atomic E-state index is -0.413. The van der Waals surface area contributed by atoms with Crippen molar-refractivity contribution in [2.45, 2.75) is 24.0 Å². The van der Waals surface area contributed by atoms with Crippen LogP contribution in [0, 0.1) is 5.82 Å². The number of methoxy groups -OCH3 is 1. The minimum Gasteiger partial charge on any atom is -0.496 e. The predicted molar refractivity (Wildman–Crippen MR) is 104 cm³/mol. The molecule has 7 heteroatoms. The van der Waals surface area contributed by atoms with Crippen molar-refractivity contribution < 1.29 is 18.7 Å². The van der Waals surface area contributed by atoms with E-state index >= 15 is 0 Å². The molecule has 0 spiro atoms. The normalized spacial score (nSPS) is 19.2. The maximum atomic E-state index is 13.2. The molecule has 0 saturated carbocycles. The molecule has 1 saturated heterocycles. The topological polar surface area (TPSA) is 58.6 Å². The van der Waals surface area contributed by atoms with Crippen LogP contribution in [-0.2, 0) is 9.59 Å². The number of amides is 2. The minimum absolute atomic E-state index is 0.00513. The highest BCUT2D eigenvalue weighted by molar-refractivity contribution is 8.01. The molecule has 2 aromatic carbocycles. The van der Waals surface area contributed by atoms with Crippen LogP contribution in [0.3, 0.4) is 0 Å². The highest BCUT2D eigenvalue weighted by Gasteiger charge is 2.39. The van der Waals surface area contributed by atoms with E-state index in [1.807, 2.05) is 31.2 Å². The van der Waals surface area contributed by atoms with Crippen molar-refractivity contribution in [3.63, 3.8) is 0 Å². The Labute approximate surface area is 161 Å². The van der Waals surface area contributed by atoms with E-state index in [1.54, 1.807) is 18.1 Å². The Kier molecular flexibility index (Phi) is 6.01. The van der Waals surface area contributed by atoms with E-state index in [2.05, 4.69) is 5.32 Å². The van der Waals surface area contributed by atoms with Gasteiger partial charge >= 0.3 is 0 Å². The summed E-state index contributed by atoms with van der Waals surface area (Å²) in [6, 6.07) is 13.3. The summed E-state index contributed by atoms with van der Waals surface area (Å²) in [7, 11) is 1.60. The molecule has 1 heterocycles. The van der Waals surface area contributed by atoms with Crippen LogP contribution in [0.5, 0.6) is 5.75 Å². The molecular formula is C20H21FN2O3S. The zero-order valence-corrected chi connectivity index (χ0v) is 16.0. The van der Waals surface area contributed by atoms with Gasteiger partial charge in [-0.1, -0.05) is 24.3 Å². The molecule has 1 fully saturated rings. The first-order valence-electron chi connectivity index (χ1n) is 8.64. The molecule has 142 valence electrons. The third kappa shape index (κ3) is 4.42. The summed E-state index contributed by atoms with van der Waals surface area (Å²) in [4.78, 5) is 26.5. The number of rotatable bonds is 6. The van der Waals surface area contributed by atoms with Crippen LogP contribution in [-0.4, -0.2) is 35.6 Å². The Hall–Kier alpha value is -2.54. The number of carbonyl (C=O) groups excluding carboxylic acids is 2. The molecule has 0 bridgehead atoms. The van der Waals surface area contributed by atoms with Crippen molar-refractivity contribution in [1.82, 2.24) is 4.90 Å². The van der Waals surface area contributed by atoms with Gasteiger partial charge in [-0.15, -0.1) is 11.8 Å². The van der Waals surface area contributed by atoms with Crippen molar-refractivity contribution in [3.8, 4) is 5.75 Å². The number of anilines is 1. The van der Waals surface area contributed by atoms with Gasteiger partial charge in [0.1, 0.15) is 16.9 Å². The van der Waals surface area contributed by atoms with Gasteiger partial charge in [0, 0.05) is 24.2 Å². The SMILES string of the molecule is COc1ccccc1[C@@H]1S[C@@H](C)C(=O)N1CCC(=O)Nc1cccc(F)c1. The van der Waals surface area contributed by atoms with Gasteiger partial charge in [-0.05, 0) is 31.2 Å². The Bertz CT molecular complexity index is 845. The highest BCUT2D eigenvalue weighted by Crippen LogP contribution is 2.45. The maximum Gasteiger partial charge on any atom is 0.236 e. The van der Waals surface area contributed by atoms with E-state index in [0.29, 0.717) is 11.4 Å². The first kappa shape index (κ1) is 19.2. The number of carbonyl (C=O) groups is 2. The van der Waals surface area contributed by atoms with Crippen LogP contribution in [0.1, 0.15) is 24.3 Å². The first-order valence-corrected chi connectivity index (χ1v) is 9.58. The molecule has 1 N–H and O–H groups in total. The van der Waals surface area contributed by atoms with Crippen molar-refractivity contribution in [3.05, 3.63) is 59.9 Å². The second-order valence-corrected chi connectivity index (χ2v) is 7.64. The van der Waals surface area contributed by atoms with Crippen LogP contribution >= 0.6 is 11.8 Å². The molecule has 0 aliphatic carbocycles. The number of ether oxygens (including phenoxy) is 1. The number of benzene rings is 2. The lowest BCUT2D eigenvalue weighted by Crippen LogP contribution is -2.33. The largest absolute Gasteiger partial charge is 0.496 e. The number of hydrogen-bond donors (Lipinski definition) is 1. The van der Waals surface area contributed by atoms with E-state index in [4.69, 9.17) is 4.74 Å². The standard InChI is InChI=1S/C20H21FN2O3S/c1-13-19(25)23(20(27-13)16-8-3-4-9-17(16)26-2)11-10-18(24)22-15-7-5-6-14(21)12-15/h3-9,12-13,20H,10-11H2,1-2H3,(H,22,24)/t13-,20-/m0/s1. The number of hydrogen-bond acceptors (Lipinski definition) is 4. The van der Waals surface area contributed by atoms with Gasteiger partial charge in [-0.3, -0.25) is 9.59 Å². The van der Waals surface area contributed by atoms with E-state index < -0.39 is 5.82 Å². The fraction of sp³-hybridized carbons (Fsp3) is 0.300. The highest BCUT2D eigenvalue weighted by atomic mass is 32.2. The van der Waals surface area contributed by atoms with E-state index in [0.717, 1.165) is 5.56 Å². The van der Waals surface area contributed by atoms with E-state index in [9.17, 15) is 14.0 Å². The lowest BCUT2D eigenvalue weighted by molar-refractivity contribution is -0.130. The predicted octanol–water partition coefficient (Wildman–Crippen LogP) is 3.83. The average molecular weight is 388 g/mol. The Balaban J connectivity index is 1.69. The van der Waals surface area contributed by atoms with Gasteiger partial charge < -0.3 is 15.0 Å². The Morgan fingerprint density at radius 3 is 2.78 bits per heavy atom. The molecule has 27 heavy (non-hydrogen) atoms. The first-order chi connectivity index (χ1) is 13.0. The second-order valence-electron chi connectivity index (χ2n) is 6.21. The molecule has 3 rings (SSSR count). The summed E-state index contributed by atoms with van der Waals surface area (Å²) < 4.78 is 18.7. The fourth-order valence-corrected chi connectivity index (χ4v) is 4.36. The lowest BCUT2D eigenvalue weighted by Gasteiger charge is -2.25. The number of para-hydroxylation sites is 1. The van der Waals surface area contributed by atoms with E-state index in [1.165, 1.54) is 30.0 Å². The van der Waals surface area contributed by atoms with Crippen LogP contribution < -0.4 is 10.1 Å². The monoisotopic (exact) mass is 388 g/mol. The van der Waals surface area contributed by atoms with Crippen LogP contribution in [0.25, 0.3) is 0 Å². The summed E-state index contributed by atoms with van der Waals surface area (Å²) in [5, 5.41) is 2.27. The molecular weight excluding hydrogens is 367 g/mol. The molecule has 1 aliphatic heterocycles. The molecule has 0 radical (unpaired) electrons. The quantitative estimate of drug-likeness (QED) is 0.817. The third-order valence-corrected chi connectivity index (χ3v) is 5.72. The van der Waals surface area contributed by atoms with Crippen LogP contribution in [0.2, 0.25) is 0 Å². The zero-order chi connectivity index (χ0) is 19.4. The molecule has 5 nitrogen and oxygen atoms in total. The van der Waals surface area contributed by atoms with Crippen LogP contribution in [0.4, 0.5) is 10.1 Å². The summed E-state index contributed by atoms with van der Waals surface area (Å²) in [6.45, 7) is 2.14. The molecule has 1 aliphatic rings. The lowest BCUT2D eigenvalue weighted by atomic mass is 10.1. The third-order valence-electron chi connectivity index (χ3n) is 4.34. The van der Waals surface area contributed by atoms with Crippen molar-refractivity contribution >= 4 is 29.3 Å². The van der Waals surface area contributed by atoms with Gasteiger partial charge in [0.25, 0.3) is 0 Å². The van der Waals surface area contributed by atoms with Crippen molar-refractivity contribution in [2.75, 3.05) is 19.0 Å². The van der Waals surface area contributed by atoms with Crippen molar-refractivity contribution in [1.29, 1.82) is 0 Å². The zero-order valence-electron chi connectivity index (χ0n) is 15.1. The van der Waals surface area contributed by atoms with Gasteiger partial charge in [0.15, 0.2) is 0 Å². The maximum absolute atomic E-state index is 13.2. The Morgan fingerprint density at radius 2 is 2.04 bits per heavy atom. The molecule has 2 atom stereocenters. The summed E-state index contributed by atoms with van der Waals surface area (Å²) in [5.74, 6) is 0.0290. The number of nitrogens with zero attached hydrogens (tertiary/aromatic N) is 1. The second kappa shape index (κ2) is 8.43. The summed E-state index contributed by atoms with van der Waals surface area (Å²) in [6.07, 6.45) is 0.126. The number of nitrogens with one attached hydrogen (secondary N) is 1. The van der Waals surface area contributed by atoms with Gasteiger partial charge in [-0.2, -0.15) is 0 Å². The number of thioether (sulfide) groups is 1. The summed E-state index contributed by atoms with van der Waals surface area (Å²) >= 11 is 1.54. The summed E-state index contributed by atoms with van der Waals surface area (Å²) in [5.41, 5.74) is 1.31. The van der Waals surface area contributed by atoms with Gasteiger partial charge in [0.05, 0.1) is 12.4 Å². The molecule has 2 aromatic rings. The van der Waals surface area contributed by atoms with Crippen LogP contribution in [0.15, 0.2) is 48.5 Å². The fourth-order valence-electron chi connectivity index (χ4n) is 3.02. The Morgan fingerprint density at radius 1 is 1.26 bits per heavy atom. The average Bonchev–Trinajstić information content (AvgIpc) is 2.94. The van der Waals surface area contributed by atoms with Crippen molar-refractivity contribution in [2.24, 2.45) is 0 Å². The smallest absolute Gasteiger partial charge is 0.236 e. The molecule has 0 aromatic heterocycles. The molecule has 2 amide bonds. The number of halogens is 1. The van der Waals surface area contributed by atoms with E-state index in [-0.39, 0.29) is 35.4 Å².